The van der Waals surface area contributed by atoms with E-state index in [2.05, 4.69) is 58.9 Å². The molecule has 3 N–H and O–H groups in total. The van der Waals surface area contributed by atoms with Crippen molar-refractivity contribution in [2.75, 3.05) is 24.2 Å². The summed E-state index contributed by atoms with van der Waals surface area (Å²) in [5, 5.41) is 14.1. The molecule has 0 saturated heterocycles. The zero-order valence-electron chi connectivity index (χ0n) is 10.8. The summed E-state index contributed by atoms with van der Waals surface area (Å²) >= 11 is 5.22. The molecule has 0 aliphatic heterocycles. The van der Waals surface area contributed by atoms with E-state index in [1.807, 2.05) is 0 Å². The first-order chi connectivity index (χ1) is 9.76. The number of hydrogen-bond acceptors (Lipinski definition) is 6. The Labute approximate surface area is 128 Å². The summed E-state index contributed by atoms with van der Waals surface area (Å²) in [5.41, 5.74) is 0.728. The number of rotatable bonds is 5. The number of aromatic nitrogens is 4. The number of aromatic amines is 1. The number of fused-ring (bicyclic) bond motifs is 1. The van der Waals surface area contributed by atoms with Crippen molar-refractivity contribution < 1.29 is 0 Å². The van der Waals surface area contributed by atoms with Crippen molar-refractivity contribution >= 4 is 50.1 Å². The molecule has 0 saturated carbocycles. The monoisotopic (exact) mass is 352 g/mol. The zero-order valence-corrected chi connectivity index (χ0v) is 13.2. The van der Waals surface area contributed by atoms with Gasteiger partial charge >= 0.3 is 0 Å². The van der Waals surface area contributed by atoms with Crippen molar-refractivity contribution in [2.45, 2.75) is 6.42 Å². The van der Waals surface area contributed by atoms with Crippen LogP contribution >= 0.6 is 27.3 Å². The van der Waals surface area contributed by atoms with Crippen LogP contribution in [0.5, 0.6) is 0 Å². The summed E-state index contributed by atoms with van der Waals surface area (Å²) in [6.45, 7) is 0.813. The Morgan fingerprint density at radius 1 is 1.35 bits per heavy atom. The van der Waals surface area contributed by atoms with E-state index in [-0.39, 0.29) is 0 Å². The third kappa shape index (κ3) is 2.75. The van der Waals surface area contributed by atoms with Gasteiger partial charge in [-0.15, -0.1) is 11.3 Å². The van der Waals surface area contributed by atoms with E-state index in [1.165, 1.54) is 4.88 Å². The number of hydrogen-bond donors (Lipinski definition) is 3. The molecule has 0 spiro atoms. The van der Waals surface area contributed by atoms with Crippen molar-refractivity contribution in [2.24, 2.45) is 0 Å². The van der Waals surface area contributed by atoms with Crippen LogP contribution < -0.4 is 10.6 Å². The van der Waals surface area contributed by atoms with Crippen molar-refractivity contribution in [3.8, 4) is 0 Å². The molecular weight excluding hydrogens is 340 g/mol. The van der Waals surface area contributed by atoms with E-state index in [4.69, 9.17) is 0 Å². The SMILES string of the molecule is CNc1nc(NCCc2ccc(Br)s2)c2cn[nH]c2n1. The van der Waals surface area contributed by atoms with Gasteiger partial charge in [-0.1, -0.05) is 0 Å². The molecule has 3 rings (SSSR count). The van der Waals surface area contributed by atoms with Crippen LogP contribution in [0.3, 0.4) is 0 Å². The fraction of sp³-hybridized carbons (Fsp3) is 0.250. The van der Waals surface area contributed by atoms with Gasteiger partial charge in [-0.3, -0.25) is 5.10 Å². The Morgan fingerprint density at radius 2 is 2.25 bits per heavy atom. The maximum Gasteiger partial charge on any atom is 0.226 e. The van der Waals surface area contributed by atoms with Crippen LogP contribution in [0.1, 0.15) is 4.88 Å². The Kier molecular flexibility index (Phi) is 3.83. The van der Waals surface area contributed by atoms with E-state index in [1.54, 1.807) is 24.6 Å². The van der Waals surface area contributed by atoms with Gasteiger partial charge in [-0.05, 0) is 34.5 Å². The van der Waals surface area contributed by atoms with E-state index in [0.29, 0.717) is 5.95 Å². The van der Waals surface area contributed by atoms with Crippen LogP contribution in [0.15, 0.2) is 22.1 Å². The second-order valence-corrected chi connectivity index (χ2v) is 6.71. The molecule has 104 valence electrons. The van der Waals surface area contributed by atoms with Gasteiger partial charge in [0.05, 0.1) is 15.4 Å². The maximum absolute atomic E-state index is 4.43. The molecule has 0 fully saturated rings. The first-order valence-electron chi connectivity index (χ1n) is 6.13. The highest BCUT2D eigenvalue weighted by atomic mass is 79.9. The largest absolute Gasteiger partial charge is 0.369 e. The number of H-pyrrole nitrogens is 1. The average Bonchev–Trinajstić information content (AvgIpc) is 3.07. The van der Waals surface area contributed by atoms with E-state index < -0.39 is 0 Å². The number of halogens is 1. The minimum atomic E-state index is 0.572. The minimum Gasteiger partial charge on any atom is -0.369 e. The maximum atomic E-state index is 4.43. The summed E-state index contributed by atoms with van der Waals surface area (Å²) in [5.74, 6) is 1.37. The van der Waals surface area contributed by atoms with Crippen molar-refractivity contribution in [3.05, 3.63) is 27.0 Å². The van der Waals surface area contributed by atoms with Gasteiger partial charge in [0.25, 0.3) is 0 Å². The average molecular weight is 353 g/mol. The molecular formula is C12H13BrN6S. The summed E-state index contributed by atoms with van der Waals surface area (Å²) < 4.78 is 1.16. The van der Waals surface area contributed by atoms with Crippen LogP contribution in [0.25, 0.3) is 11.0 Å². The normalized spacial score (nSPS) is 10.9. The van der Waals surface area contributed by atoms with Crippen LogP contribution in [0.2, 0.25) is 0 Å². The molecule has 0 unspecified atom stereocenters. The van der Waals surface area contributed by atoms with Gasteiger partial charge in [0.2, 0.25) is 5.95 Å². The van der Waals surface area contributed by atoms with Gasteiger partial charge in [-0.25, -0.2) is 0 Å². The molecule has 0 aromatic carbocycles. The third-order valence-electron chi connectivity index (χ3n) is 2.83. The predicted octanol–water partition coefficient (Wildman–Crippen LogP) is 2.87. The molecule has 0 aliphatic rings. The zero-order chi connectivity index (χ0) is 13.9. The van der Waals surface area contributed by atoms with Crippen molar-refractivity contribution in [3.63, 3.8) is 0 Å². The van der Waals surface area contributed by atoms with Gasteiger partial charge in [0.15, 0.2) is 5.65 Å². The topological polar surface area (TPSA) is 78.5 Å². The highest BCUT2D eigenvalue weighted by Crippen LogP contribution is 2.23. The lowest BCUT2D eigenvalue weighted by molar-refractivity contribution is 1.03. The van der Waals surface area contributed by atoms with Crippen LogP contribution in [0.4, 0.5) is 11.8 Å². The molecule has 3 aromatic rings. The lowest BCUT2D eigenvalue weighted by Crippen LogP contribution is -2.08. The second-order valence-electron chi connectivity index (χ2n) is 4.16. The molecule has 8 heteroatoms. The smallest absolute Gasteiger partial charge is 0.226 e. The summed E-state index contributed by atoms with van der Waals surface area (Å²) in [4.78, 5) is 10.1. The summed E-state index contributed by atoms with van der Waals surface area (Å²) in [6, 6.07) is 4.20. The molecule has 3 aromatic heterocycles. The highest BCUT2D eigenvalue weighted by Gasteiger charge is 2.08. The van der Waals surface area contributed by atoms with Gasteiger partial charge < -0.3 is 10.6 Å². The molecule has 6 nitrogen and oxygen atoms in total. The quantitative estimate of drug-likeness (QED) is 0.657. The Balaban J connectivity index is 1.74. The Hall–Kier alpha value is -1.67. The van der Waals surface area contributed by atoms with Crippen LogP contribution in [-0.2, 0) is 6.42 Å². The van der Waals surface area contributed by atoms with E-state index in [0.717, 1.165) is 33.6 Å². The van der Waals surface area contributed by atoms with Gasteiger partial charge in [-0.2, -0.15) is 15.1 Å². The molecule has 0 atom stereocenters. The fourth-order valence-electron chi connectivity index (χ4n) is 1.87. The van der Waals surface area contributed by atoms with E-state index in [9.17, 15) is 0 Å². The van der Waals surface area contributed by atoms with Crippen molar-refractivity contribution in [1.29, 1.82) is 0 Å². The molecule has 0 aliphatic carbocycles. The lowest BCUT2D eigenvalue weighted by Gasteiger charge is -2.07. The van der Waals surface area contributed by atoms with Crippen LogP contribution in [-0.4, -0.2) is 33.8 Å². The second kappa shape index (κ2) is 5.76. The summed E-state index contributed by atoms with van der Waals surface area (Å²) in [7, 11) is 1.80. The van der Waals surface area contributed by atoms with Crippen molar-refractivity contribution in [1.82, 2.24) is 20.2 Å². The number of thiophene rings is 1. The van der Waals surface area contributed by atoms with Gasteiger partial charge in [0, 0.05) is 18.5 Å². The Bertz CT molecular complexity index is 722. The first-order valence-corrected chi connectivity index (χ1v) is 7.74. The standard InChI is InChI=1S/C12H13BrN6S/c1-14-12-17-10(8-6-16-19-11(8)18-12)15-5-4-7-2-3-9(13)20-7/h2-3,6H,4-5H2,1H3,(H3,14,15,16,17,18,19). The third-order valence-corrected chi connectivity index (χ3v) is 4.51. The summed E-state index contributed by atoms with van der Waals surface area (Å²) in [6.07, 6.45) is 2.69. The highest BCUT2D eigenvalue weighted by molar-refractivity contribution is 9.11. The minimum absolute atomic E-state index is 0.572. The molecule has 0 radical (unpaired) electrons. The number of nitrogens with zero attached hydrogens (tertiary/aromatic N) is 3. The Morgan fingerprint density at radius 3 is 3.00 bits per heavy atom. The first kappa shape index (κ1) is 13.3. The fourth-order valence-corrected chi connectivity index (χ4v) is 3.35. The predicted molar refractivity (Wildman–Crippen MR) is 85.4 cm³/mol. The van der Waals surface area contributed by atoms with Gasteiger partial charge in [0.1, 0.15) is 5.82 Å². The molecule has 0 bridgehead atoms. The molecule has 3 heterocycles. The number of anilines is 2. The molecule has 0 amide bonds. The number of nitrogens with one attached hydrogen (secondary N) is 3. The lowest BCUT2D eigenvalue weighted by atomic mass is 10.3. The van der Waals surface area contributed by atoms with Crippen LogP contribution in [0, 0.1) is 0 Å². The van der Waals surface area contributed by atoms with E-state index >= 15 is 0 Å². The molecule has 20 heavy (non-hydrogen) atoms.